The van der Waals surface area contributed by atoms with Crippen LogP contribution >= 0.6 is 11.8 Å². The lowest BCUT2D eigenvalue weighted by atomic mass is 9.96. The average Bonchev–Trinajstić information content (AvgIpc) is 2.37. The van der Waals surface area contributed by atoms with Crippen molar-refractivity contribution in [3.63, 3.8) is 0 Å². The number of aryl methyl sites for hydroxylation is 2. The van der Waals surface area contributed by atoms with Gasteiger partial charge in [-0.1, -0.05) is 6.92 Å². The Labute approximate surface area is 132 Å². The largest absolute Gasteiger partial charge is 0.465 e. The van der Waals surface area contributed by atoms with Crippen molar-refractivity contribution < 1.29 is 9.53 Å². The number of aromatic nitrogens is 1. The van der Waals surface area contributed by atoms with Crippen LogP contribution in [-0.4, -0.2) is 35.4 Å². The Hall–Kier alpha value is -1.07. The van der Waals surface area contributed by atoms with E-state index in [9.17, 15) is 4.79 Å². The van der Waals surface area contributed by atoms with Crippen molar-refractivity contribution in [3.8, 4) is 0 Å². The van der Waals surface area contributed by atoms with E-state index in [1.54, 1.807) is 18.8 Å². The van der Waals surface area contributed by atoms with E-state index in [0.717, 1.165) is 10.7 Å². The van der Waals surface area contributed by atoms with Gasteiger partial charge in [-0.3, -0.25) is 4.79 Å². The maximum Gasteiger partial charge on any atom is 0.326 e. The van der Waals surface area contributed by atoms with E-state index in [4.69, 9.17) is 4.74 Å². The zero-order valence-corrected chi connectivity index (χ0v) is 14.6. The maximum atomic E-state index is 12.1. The number of carbonyl (C=O) groups excluding carboxylic acids is 1. The second-order valence-corrected chi connectivity index (χ2v) is 7.02. The normalized spacial score (nSPS) is 15.3. The van der Waals surface area contributed by atoms with E-state index in [1.165, 1.54) is 5.56 Å². The molecule has 0 fully saturated rings. The number of likely N-dealkylation sites (N-methyl/N-ethyl adjacent to an activating group) is 1. The minimum atomic E-state index is -0.665. The molecule has 21 heavy (non-hydrogen) atoms. The van der Waals surface area contributed by atoms with Crippen LogP contribution in [0.3, 0.4) is 0 Å². The van der Waals surface area contributed by atoms with Gasteiger partial charge >= 0.3 is 5.97 Å². The molecule has 5 heteroatoms. The predicted octanol–water partition coefficient (Wildman–Crippen LogP) is 3.11. The summed E-state index contributed by atoms with van der Waals surface area (Å²) < 4.78 is 5.16. The maximum absolute atomic E-state index is 12.1. The Balaban J connectivity index is 2.74. The van der Waals surface area contributed by atoms with Crippen LogP contribution in [0.25, 0.3) is 0 Å². The summed E-state index contributed by atoms with van der Waals surface area (Å²) in [4.78, 5) is 16.6. The zero-order chi connectivity index (χ0) is 16.0. The Morgan fingerprint density at radius 2 is 2.14 bits per heavy atom. The van der Waals surface area contributed by atoms with Crippen molar-refractivity contribution in [3.05, 3.63) is 23.4 Å². The molecule has 118 valence electrons. The van der Waals surface area contributed by atoms with Gasteiger partial charge < -0.3 is 10.1 Å². The van der Waals surface area contributed by atoms with Crippen LogP contribution in [-0.2, 0) is 9.53 Å². The number of hydrogen-bond acceptors (Lipinski definition) is 5. The van der Waals surface area contributed by atoms with Crippen LogP contribution in [0, 0.1) is 13.8 Å². The van der Waals surface area contributed by atoms with Gasteiger partial charge in [-0.05, 0) is 58.9 Å². The summed E-state index contributed by atoms with van der Waals surface area (Å²) in [5.41, 5.74) is 1.56. The summed E-state index contributed by atoms with van der Waals surface area (Å²) in [6.45, 7) is 10.3. The number of ether oxygens (including phenoxy) is 1. The highest BCUT2D eigenvalue weighted by Crippen LogP contribution is 2.28. The van der Waals surface area contributed by atoms with Gasteiger partial charge in [-0.25, -0.2) is 4.98 Å². The highest BCUT2D eigenvalue weighted by molar-refractivity contribution is 7.99. The van der Waals surface area contributed by atoms with Crippen LogP contribution in [0.2, 0.25) is 0 Å². The molecule has 2 atom stereocenters. The Morgan fingerprint density at radius 1 is 1.48 bits per heavy atom. The van der Waals surface area contributed by atoms with Crippen molar-refractivity contribution in [1.29, 1.82) is 0 Å². The van der Waals surface area contributed by atoms with Crippen LogP contribution < -0.4 is 5.32 Å². The Bertz CT molecular complexity index is 473. The molecule has 1 aromatic rings. The van der Waals surface area contributed by atoms with E-state index in [-0.39, 0.29) is 11.2 Å². The number of thioether (sulfide) groups is 1. The number of nitrogens with zero attached hydrogens (tertiary/aromatic N) is 1. The molecule has 0 bridgehead atoms. The van der Waals surface area contributed by atoms with Gasteiger partial charge in [0.15, 0.2) is 0 Å². The number of carbonyl (C=O) groups is 1. The summed E-state index contributed by atoms with van der Waals surface area (Å²) in [6.07, 6.45) is 0.682. The van der Waals surface area contributed by atoms with E-state index >= 15 is 0 Å². The average molecular weight is 310 g/mol. The van der Waals surface area contributed by atoms with Gasteiger partial charge in [0, 0.05) is 10.9 Å². The molecule has 0 saturated heterocycles. The monoisotopic (exact) mass is 310 g/mol. The minimum Gasteiger partial charge on any atom is -0.465 e. The van der Waals surface area contributed by atoms with Gasteiger partial charge in [0.25, 0.3) is 0 Å². The first-order valence-electron chi connectivity index (χ1n) is 7.28. The third-order valence-electron chi connectivity index (χ3n) is 3.37. The first kappa shape index (κ1) is 18.0. The van der Waals surface area contributed by atoms with Gasteiger partial charge in [0.1, 0.15) is 5.54 Å². The fourth-order valence-corrected chi connectivity index (χ4v) is 3.54. The lowest BCUT2D eigenvalue weighted by Gasteiger charge is -2.29. The van der Waals surface area contributed by atoms with Crippen molar-refractivity contribution in [2.75, 3.05) is 13.7 Å². The second-order valence-electron chi connectivity index (χ2n) is 5.56. The molecule has 2 unspecified atom stereocenters. The molecule has 0 aliphatic heterocycles. The Morgan fingerprint density at radius 3 is 2.67 bits per heavy atom. The molecule has 1 aromatic heterocycles. The van der Waals surface area contributed by atoms with Crippen LogP contribution in [0.5, 0.6) is 0 Å². The standard InChI is InChI=1S/C16H26N2O2S/c1-7-20-15(19)16(5,17-6)10-13(4)21-14-9-11(2)8-12(3)18-14/h8-9,13,17H,7,10H2,1-6H3. The molecule has 1 N–H and O–H groups in total. The Kier molecular flexibility index (Phi) is 6.68. The third-order valence-corrected chi connectivity index (χ3v) is 4.39. The third kappa shape index (κ3) is 5.32. The molecule has 0 aliphatic rings. The number of rotatable bonds is 7. The molecule has 0 aromatic carbocycles. The van der Waals surface area contributed by atoms with Gasteiger partial charge in [0.2, 0.25) is 0 Å². The van der Waals surface area contributed by atoms with Crippen LogP contribution in [0.15, 0.2) is 17.2 Å². The number of nitrogens with one attached hydrogen (secondary N) is 1. The van der Waals surface area contributed by atoms with Crippen molar-refractivity contribution in [2.45, 2.75) is 56.9 Å². The van der Waals surface area contributed by atoms with E-state index < -0.39 is 5.54 Å². The number of esters is 1. The fourth-order valence-electron chi connectivity index (χ4n) is 2.27. The highest BCUT2D eigenvalue weighted by Gasteiger charge is 2.34. The summed E-state index contributed by atoms with van der Waals surface area (Å²) >= 11 is 1.69. The smallest absolute Gasteiger partial charge is 0.326 e. The second kappa shape index (κ2) is 7.80. The summed E-state index contributed by atoms with van der Waals surface area (Å²) in [7, 11) is 1.80. The molecular weight excluding hydrogens is 284 g/mol. The summed E-state index contributed by atoms with van der Waals surface area (Å²) in [6, 6.07) is 4.14. The zero-order valence-electron chi connectivity index (χ0n) is 13.8. The van der Waals surface area contributed by atoms with Crippen LogP contribution in [0.1, 0.15) is 38.4 Å². The molecule has 0 aliphatic carbocycles. The molecule has 0 spiro atoms. The van der Waals surface area contributed by atoms with E-state index in [1.807, 2.05) is 20.8 Å². The SMILES string of the molecule is CCOC(=O)C(C)(CC(C)Sc1cc(C)cc(C)n1)NC. The lowest BCUT2D eigenvalue weighted by molar-refractivity contribution is -0.150. The summed E-state index contributed by atoms with van der Waals surface area (Å²) in [5.74, 6) is -0.201. The number of hydrogen-bond donors (Lipinski definition) is 1. The van der Waals surface area contributed by atoms with Crippen LogP contribution in [0.4, 0.5) is 0 Å². The predicted molar refractivity (Wildman–Crippen MR) is 87.7 cm³/mol. The van der Waals surface area contributed by atoms with Crippen molar-refractivity contribution >= 4 is 17.7 Å². The van der Waals surface area contributed by atoms with Crippen molar-refractivity contribution in [2.24, 2.45) is 0 Å². The minimum absolute atomic E-state index is 0.201. The molecule has 0 saturated carbocycles. The topological polar surface area (TPSA) is 51.2 Å². The van der Waals surface area contributed by atoms with Gasteiger partial charge in [-0.2, -0.15) is 0 Å². The number of pyridine rings is 1. The molecule has 0 amide bonds. The quantitative estimate of drug-likeness (QED) is 0.619. The van der Waals surface area contributed by atoms with Gasteiger partial charge in [0.05, 0.1) is 11.6 Å². The summed E-state index contributed by atoms with van der Waals surface area (Å²) in [5, 5.41) is 4.35. The van der Waals surface area contributed by atoms with Crippen molar-refractivity contribution in [1.82, 2.24) is 10.3 Å². The van der Waals surface area contributed by atoms with E-state index in [0.29, 0.717) is 13.0 Å². The molecule has 1 heterocycles. The van der Waals surface area contributed by atoms with Gasteiger partial charge in [-0.15, -0.1) is 11.8 Å². The van der Waals surface area contributed by atoms with E-state index in [2.05, 4.69) is 36.3 Å². The lowest BCUT2D eigenvalue weighted by Crippen LogP contribution is -2.50. The molecule has 1 rings (SSSR count). The first-order valence-corrected chi connectivity index (χ1v) is 8.16. The highest BCUT2D eigenvalue weighted by atomic mass is 32.2. The molecular formula is C16H26N2O2S. The molecule has 4 nitrogen and oxygen atoms in total. The molecule has 0 radical (unpaired) electrons. The fraction of sp³-hybridized carbons (Fsp3) is 0.625. The first-order chi connectivity index (χ1) is 9.80.